The summed E-state index contributed by atoms with van der Waals surface area (Å²) in [6.07, 6.45) is -3.68. The molecule has 2 saturated heterocycles. The van der Waals surface area contributed by atoms with E-state index in [9.17, 15) is 9.59 Å². The fraction of sp³-hybridized carbons (Fsp3) is 0.929. The first-order valence-corrected chi connectivity index (χ1v) is 19.3. The van der Waals surface area contributed by atoms with Gasteiger partial charge in [0.05, 0.1) is 90.5 Å². The number of aliphatic hydroxyl groups is 6. The molecule has 302 valence electrons. The largest absolute Gasteiger partial charge is 1.00 e. The molecule has 0 spiro atoms. The molecule has 2 rings (SSSR count). The third kappa shape index (κ3) is 82.7. The van der Waals surface area contributed by atoms with Crippen LogP contribution in [0.2, 0.25) is 0 Å². The van der Waals surface area contributed by atoms with Gasteiger partial charge in [-0.25, -0.2) is 14.8 Å². The van der Waals surface area contributed by atoms with E-state index in [0.29, 0.717) is 6.10 Å². The summed E-state index contributed by atoms with van der Waals surface area (Å²) < 4.78 is 38.0. The number of rotatable bonds is 15. The molecule has 2 heterocycles. The van der Waals surface area contributed by atoms with Gasteiger partial charge in [-0.15, -0.1) is 0 Å². The highest BCUT2D eigenvalue weighted by Crippen LogP contribution is 2.04. The van der Waals surface area contributed by atoms with Crippen LogP contribution in [0.4, 0.5) is 9.59 Å². The lowest BCUT2D eigenvalue weighted by molar-refractivity contribution is -0.0730. The predicted molar refractivity (Wildman–Crippen MR) is 193 cm³/mol. The molecular formula is C28H65ClINO16P2. The van der Waals surface area contributed by atoms with E-state index in [2.05, 4.69) is 52.7 Å². The summed E-state index contributed by atoms with van der Waals surface area (Å²) in [5, 5.41) is 55.0. The third-order valence-corrected chi connectivity index (χ3v) is 3.78. The summed E-state index contributed by atoms with van der Waals surface area (Å²) in [4.78, 5) is 23.8. The highest BCUT2D eigenvalue weighted by molar-refractivity contribution is 14.1. The Morgan fingerprint density at radius 2 is 1.22 bits per heavy atom. The van der Waals surface area contributed by atoms with Crippen molar-refractivity contribution in [2.75, 3.05) is 84.2 Å². The van der Waals surface area contributed by atoms with Crippen molar-refractivity contribution in [2.24, 2.45) is 0 Å². The summed E-state index contributed by atoms with van der Waals surface area (Å²) in [6.45, 7) is 13.0. The maximum Gasteiger partial charge on any atom is 0.508 e. The van der Waals surface area contributed by atoms with E-state index in [1.807, 2.05) is 4.93 Å². The van der Waals surface area contributed by atoms with Crippen LogP contribution in [0.15, 0.2) is 0 Å². The number of epoxide rings is 2. The van der Waals surface area contributed by atoms with Crippen LogP contribution in [0.1, 0.15) is 49.0 Å². The number of nitrogens with two attached hydrogens (primary N) is 1. The molecule has 0 aromatic heterocycles. The fourth-order valence-electron chi connectivity index (χ4n) is 1.55. The van der Waals surface area contributed by atoms with E-state index in [-0.39, 0.29) is 85.4 Å². The fourth-order valence-corrected chi connectivity index (χ4v) is 1.55. The van der Waals surface area contributed by atoms with Crippen LogP contribution in [0.5, 0.6) is 0 Å². The molecular weight excluding hydrogens is 831 g/mol. The van der Waals surface area contributed by atoms with E-state index in [0.717, 1.165) is 27.9 Å². The van der Waals surface area contributed by atoms with Gasteiger partial charge in [0.25, 0.3) is 0 Å². The zero-order chi connectivity index (χ0) is 37.5. The standard InChI is InChI=1S/C11H22O7.C7H14O5.C3H8O2.C3H6O.C2H4O.CH3I.CH4.ClH.H3NP2/c1-9(16-6-4-13)8-17-11(14)18-10(2)7-15-5-3-12;1-5(9)4-11-7(10)12-6(2)3-8;1-3(5)2-4;1-3-2-4-3;1-2-3-1;1-2;;;1-3-2/h9-10,12-13H,3-8H2,1-2H3;5-6,8-9H,3-4H2,1-2H3;3-5H,2H2,1H3;3H,2H2,1H3;1-2H2;1H3;1H4;1H;1H,2H2. The lowest BCUT2D eigenvalue weighted by Gasteiger charge is -2.15. The Morgan fingerprint density at radius 1 is 0.837 bits per heavy atom. The number of alkyl halides is 1. The number of hydrogen-bond donors (Lipinski definition) is 7. The van der Waals surface area contributed by atoms with E-state index < -0.39 is 36.7 Å². The molecule has 0 aliphatic carbocycles. The maximum atomic E-state index is 11.2. The van der Waals surface area contributed by atoms with Crippen molar-refractivity contribution >= 4 is 51.9 Å². The monoisotopic (exact) mass is 895 g/mol. The maximum absolute atomic E-state index is 11.2. The molecule has 21 heteroatoms. The SMILES string of the molecule is C.C1CO1.CC(COC(=O)OC(C)COCCO)OCCO.CC(O)CO.CC(O)COC(=O)OC(C)CO.CC1CO1.CI.[Cl-].[NH2+]=PP. The quantitative estimate of drug-likeness (QED) is 0.0234. The summed E-state index contributed by atoms with van der Waals surface area (Å²) in [5.74, 6) is 0. The number of ether oxygens (including phenoxy) is 8. The Hall–Kier alpha value is -0.310. The van der Waals surface area contributed by atoms with Gasteiger partial charge >= 0.3 is 12.3 Å². The molecule has 0 amide bonds. The summed E-state index contributed by atoms with van der Waals surface area (Å²) in [7, 11) is 3.16. The number of halogens is 2. The molecule has 2 aliphatic heterocycles. The molecule has 2 fully saturated rings. The molecule has 2 aliphatic rings. The van der Waals surface area contributed by atoms with Crippen molar-refractivity contribution in [2.45, 2.75) is 85.6 Å². The lowest BCUT2D eigenvalue weighted by atomic mass is 10.4. The minimum Gasteiger partial charge on any atom is -1.00 e. The van der Waals surface area contributed by atoms with Crippen LogP contribution in [0.3, 0.4) is 0 Å². The second-order valence-electron chi connectivity index (χ2n) is 9.15. The van der Waals surface area contributed by atoms with Gasteiger partial charge in [-0.1, -0.05) is 30.0 Å². The summed E-state index contributed by atoms with van der Waals surface area (Å²) in [6, 6.07) is 0. The van der Waals surface area contributed by atoms with Gasteiger partial charge in [-0.05, 0) is 55.4 Å². The summed E-state index contributed by atoms with van der Waals surface area (Å²) in [5.41, 5.74) is 0. The van der Waals surface area contributed by atoms with Crippen LogP contribution in [-0.2, 0) is 37.9 Å². The van der Waals surface area contributed by atoms with Crippen LogP contribution in [0, 0.1) is 0 Å². The van der Waals surface area contributed by atoms with E-state index >= 15 is 0 Å². The molecule has 0 aromatic rings. The van der Waals surface area contributed by atoms with Gasteiger partial charge in [0, 0.05) is 0 Å². The Bertz CT molecular complexity index is 659. The highest BCUT2D eigenvalue weighted by Gasteiger charge is 2.14. The Balaban J connectivity index is -0.0000000971. The number of carbonyl (C=O) groups is 2. The van der Waals surface area contributed by atoms with E-state index in [1.165, 1.54) is 20.8 Å². The van der Waals surface area contributed by atoms with Crippen LogP contribution < -0.4 is 17.6 Å². The van der Waals surface area contributed by atoms with Gasteiger partial charge in [-0.2, -0.15) is 0 Å². The molecule has 0 aromatic carbocycles. The highest BCUT2D eigenvalue weighted by atomic mass is 127. The first-order chi connectivity index (χ1) is 22.2. The molecule has 0 saturated carbocycles. The Labute approximate surface area is 316 Å². The smallest absolute Gasteiger partial charge is 0.508 e. The second-order valence-corrected chi connectivity index (χ2v) is 10.3. The van der Waals surface area contributed by atoms with Gasteiger partial charge in [0.2, 0.25) is 8.06 Å². The van der Waals surface area contributed by atoms with Crippen molar-refractivity contribution in [3.8, 4) is 0 Å². The average molecular weight is 896 g/mol. The van der Waals surface area contributed by atoms with Gasteiger partial charge < -0.3 is 80.9 Å². The van der Waals surface area contributed by atoms with Gasteiger partial charge in [0.1, 0.15) is 25.4 Å². The topological polar surface area (TPSA) is 262 Å². The van der Waals surface area contributed by atoms with Crippen molar-refractivity contribution in [1.82, 2.24) is 0 Å². The molecule has 49 heavy (non-hydrogen) atoms. The summed E-state index contributed by atoms with van der Waals surface area (Å²) >= 11 is 2.15. The van der Waals surface area contributed by atoms with Crippen molar-refractivity contribution in [1.29, 1.82) is 0 Å². The molecule has 7 unspecified atom stereocenters. The third-order valence-electron chi connectivity index (χ3n) is 3.78. The first-order valence-electron chi connectivity index (χ1n) is 14.6. The Kier molecular flexibility index (Phi) is 67.7. The van der Waals surface area contributed by atoms with Crippen molar-refractivity contribution in [3.63, 3.8) is 0 Å². The van der Waals surface area contributed by atoms with Crippen molar-refractivity contribution in [3.05, 3.63) is 0 Å². The zero-order valence-electron chi connectivity index (χ0n) is 29.1. The van der Waals surface area contributed by atoms with E-state index in [1.54, 1.807) is 13.8 Å². The molecule has 7 atom stereocenters. The molecule has 17 nitrogen and oxygen atoms in total. The average Bonchev–Trinajstić information content (AvgIpc) is 3.97. The number of hydrogen-bond acceptors (Lipinski definition) is 16. The predicted octanol–water partition coefficient (Wildman–Crippen LogP) is -2.03. The normalized spacial score (nSPS) is 15.6. The Morgan fingerprint density at radius 3 is 1.53 bits per heavy atom. The second kappa shape index (κ2) is 52.1. The van der Waals surface area contributed by atoms with Gasteiger partial charge in [-0.3, -0.25) is 0 Å². The van der Waals surface area contributed by atoms with E-state index in [4.69, 9.17) is 59.5 Å². The molecule has 0 radical (unpaired) electrons. The number of carbonyl (C=O) groups excluding carboxylic acids is 2. The number of aliphatic hydroxyl groups excluding tert-OH is 6. The lowest BCUT2D eigenvalue weighted by Crippen LogP contribution is -3.00. The molecule has 0 bridgehead atoms. The minimum absolute atomic E-state index is 0. The molecule has 8 N–H and O–H groups in total. The van der Waals surface area contributed by atoms with Crippen LogP contribution in [-0.4, -0.2) is 164 Å². The zero-order valence-corrected chi connectivity index (χ0v) is 34.0. The minimum atomic E-state index is -0.877. The van der Waals surface area contributed by atoms with Crippen LogP contribution in [0.25, 0.3) is 0 Å². The van der Waals surface area contributed by atoms with Crippen LogP contribution >= 0.6 is 39.6 Å². The first kappa shape index (κ1) is 63.7. The van der Waals surface area contributed by atoms with Gasteiger partial charge in [0.15, 0.2) is 0 Å². The van der Waals surface area contributed by atoms with Crippen molar-refractivity contribution < 1.29 is 95.7 Å².